The third-order valence-electron chi connectivity index (χ3n) is 3.30. The fourth-order valence-corrected chi connectivity index (χ4v) is 2.35. The molecule has 0 saturated carbocycles. The van der Waals surface area contributed by atoms with E-state index in [1.807, 2.05) is 0 Å². The van der Waals surface area contributed by atoms with Crippen LogP contribution in [-0.4, -0.2) is 0 Å². The monoisotopic (exact) mass is 232 g/mol. The Bertz CT molecular complexity index is 571. The van der Waals surface area contributed by atoms with E-state index in [4.69, 9.17) is 0 Å². The van der Waals surface area contributed by atoms with Gasteiger partial charge in [0.1, 0.15) is 0 Å². The van der Waals surface area contributed by atoms with Crippen molar-refractivity contribution in [3.05, 3.63) is 83.3 Å². The highest BCUT2D eigenvalue weighted by molar-refractivity contribution is 5.44. The lowest BCUT2D eigenvalue weighted by atomic mass is 10.1. The summed E-state index contributed by atoms with van der Waals surface area (Å²) in [5, 5.41) is 2.62. The summed E-state index contributed by atoms with van der Waals surface area (Å²) in [6.45, 7) is 0. The lowest BCUT2D eigenvalue weighted by molar-refractivity contribution is 1.14. The molecule has 0 saturated heterocycles. The minimum atomic E-state index is 0.439. The van der Waals surface area contributed by atoms with E-state index in [0.29, 0.717) is 11.8 Å². The summed E-state index contributed by atoms with van der Waals surface area (Å²) < 4.78 is 0. The van der Waals surface area contributed by atoms with Gasteiger partial charge in [-0.2, -0.15) is 0 Å². The van der Waals surface area contributed by atoms with Crippen LogP contribution in [-0.2, 0) is 0 Å². The second kappa shape index (κ2) is 5.05. The zero-order valence-corrected chi connectivity index (χ0v) is 10.2. The molecule has 0 bridgehead atoms. The van der Waals surface area contributed by atoms with Gasteiger partial charge >= 0.3 is 0 Å². The predicted octanol–water partition coefficient (Wildman–Crippen LogP) is 2.73. The van der Waals surface area contributed by atoms with Gasteiger partial charge in [0, 0.05) is 11.8 Å². The molecule has 0 amide bonds. The topological polar surface area (TPSA) is 0 Å². The molecule has 0 nitrogen and oxygen atoms in total. The summed E-state index contributed by atoms with van der Waals surface area (Å²) in [5.41, 5.74) is 0. The zero-order valence-electron chi connectivity index (χ0n) is 10.2. The van der Waals surface area contributed by atoms with Crippen molar-refractivity contribution in [1.82, 2.24) is 0 Å². The van der Waals surface area contributed by atoms with E-state index in [9.17, 15) is 0 Å². The summed E-state index contributed by atoms with van der Waals surface area (Å²) in [7, 11) is 0. The summed E-state index contributed by atoms with van der Waals surface area (Å²) in [4.78, 5) is 0. The lowest BCUT2D eigenvalue weighted by Gasteiger charge is -1.99. The van der Waals surface area contributed by atoms with Crippen molar-refractivity contribution in [2.75, 3.05) is 0 Å². The molecule has 18 heavy (non-hydrogen) atoms. The van der Waals surface area contributed by atoms with Crippen molar-refractivity contribution in [3.63, 3.8) is 0 Å². The van der Waals surface area contributed by atoms with Crippen molar-refractivity contribution < 1.29 is 0 Å². The predicted molar refractivity (Wildman–Crippen MR) is 78.2 cm³/mol. The highest BCUT2D eigenvalue weighted by Gasteiger charge is 2.00. The number of hydrogen-bond acceptors (Lipinski definition) is 0. The van der Waals surface area contributed by atoms with Gasteiger partial charge in [-0.3, -0.25) is 0 Å². The van der Waals surface area contributed by atoms with Crippen LogP contribution in [0.3, 0.4) is 0 Å². The molecule has 0 heterocycles. The molecule has 2 aliphatic rings. The molecule has 0 N–H and O–H groups in total. The standard InChI is InChI=1S/C18H16/c1-2-8-15(7-1)13-17-11-5-6-12-18(17)14-16-9-3-4-10-16/h1-16H. The van der Waals surface area contributed by atoms with Crippen molar-refractivity contribution in [2.45, 2.75) is 0 Å². The first-order chi connectivity index (χ1) is 8.92. The number of allylic oxidation sites excluding steroid dienone is 8. The molecular formula is C18H16. The van der Waals surface area contributed by atoms with Crippen molar-refractivity contribution in [1.29, 1.82) is 0 Å². The van der Waals surface area contributed by atoms with Gasteiger partial charge in [0.15, 0.2) is 0 Å². The van der Waals surface area contributed by atoms with Crippen molar-refractivity contribution >= 4 is 12.2 Å². The number of rotatable bonds is 2. The van der Waals surface area contributed by atoms with Gasteiger partial charge < -0.3 is 0 Å². The van der Waals surface area contributed by atoms with Crippen LogP contribution >= 0.6 is 0 Å². The van der Waals surface area contributed by atoms with Crippen LogP contribution in [0.2, 0.25) is 0 Å². The van der Waals surface area contributed by atoms with E-state index in [1.165, 1.54) is 10.4 Å². The van der Waals surface area contributed by atoms with E-state index in [0.717, 1.165) is 0 Å². The Balaban J connectivity index is 2.04. The molecule has 88 valence electrons. The van der Waals surface area contributed by atoms with Gasteiger partial charge in [0.05, 0.1) is 0 Å². The van der Waals surface area contributed by atoms with E-state index < -0.39 is 0 Å². The van der Waals surface area contributed by atoms with Crippen LogP contribution in [0, 0.1) is 11.8 Å². The van der Waals surface area contributed by atoms with Crippen LogP contribution in [0.25, 0.3) is 12.2 Å². The van der Waals surface area contributed by atoms with Crippen LogP contribution in [0.5, 0.6) is 0 Å². The third-order valence-corrected chi connectivity index (χ3v) is 3.30. The van der Waals surface area contributed by atoms with Gasteiger partial charge in [-0.1, -0.05) is 85.0 Å². The summed E-state index contributed by atoms with van der Waals surface area (Å²) in [5.74, 6) is 0.878. The summed E-state index contributed by atoms with van der Waals surface area (Å²) in [6.07, 6.45) is 21.9. The minimum absolute atomic E-state index is 0.439. The molecule has 1 aromatic rings. The SMILES string of the molecule is C1=CC(C=c2ccccc2=CC2C=CC=C2)C=C1. The molecule has 3 rings (SSSR count). The lowest BCUT2D eigenvalue weighted by Crippen LogP contribution is -2.25. The van der Waals surface area contributed by atoms with Crippen LogP contribution in [0.1, 0.15) is 0 Å². The Labute approximate surface area is 108 Å². The molecule has 0 aromatic heterocycles. The molecule has 0 fully saturated rings. The fraction of sp³-hybridized carbons (Fsp3) is 0.111. The highest BCUT2D eigenvalue weighted by Crippen LogP contribution is 2.10. The smallest absolute Gasteiger partial charge is 0.0142 e. The van der Waals surface area contributed by atoms with E-state index in [1.54, 1.807) is 0 Å². The second-order valence-electron chi connectivity index (χ2n) is 4.66. The highest BCUT2D eigenvalue weighted by atomic mass is 14.1. The van der Waals surface area contributed by atoms with Gasteiger partial charge in [-0.25, -0.2) is 0 Å². The average molecular weight is 232 g/mol. The average Bonchev–Trinajstić information content (AvgIpc) is 3.05. The van der Waals surface area contributed by atoms with Gasteiger partial charge in [0.25, 0.3) is 0 Å². The number of benzene rings is 1. The molecule has 0 unspecified atom stereocenters. The third kappa shape index (κ3) is 2.43. The molecule has 1 aromatic carbocycles. The maximum Gasteiger partial charge on any atom is 0.0142 e. The quantitative estimate of drug-likeness (QED) is 0.735. The molecule has 0 spiro atoms. The van der Waals surface area contributed by atoms with E-state index >= 15 is 0 Å². The zero-order chi connectivity index (χ0) is 12.2. The Hall–Kier alpha value is -2.08. The summed E-state index contributed by atoms with van der Waals surface area (Å²) in [6, 6.07) is 8.58. The van der Waals surface area contributed by atoms with Crippen LogP contribution in [0.4, 0.5) is 0 Å². The molecule has 2 aliphatic carbocycles. The molecular weight excluding hydrogens is 216 g/mol. The maximum atomic E-state index is 2.31. The molecule has 0 radical (unpaired) electrons. The van der Waals surface area contributed by atoms with Crippen LogP contribution in [0.15, 0.2) is 72.9 Å². The summed E-state index contributed by atoms with van der Waals surface area (Å²) >= 11 is 0. The first-order valence-corrected chi connectivity index (χ1v) is 6.40. The molecule has 0 atom stereocenters. The Morgan fingerprint density at radius 3 is 1.39 bits per heavy atom. The van der Waals surface area contributed by atoms with Crippen molar-refractivity contribution in [2.24, 2.45) is 11.8 Å². The van der Waals surface area contributed by atoms with Crippen LogP contribution < -0.4 is 10.4 Å². The van der Waals surface area contributed by atoms with Crippen molar-refractivity contribution in [3.8, 4) is 0 Å². The Kier molecular flexibility index (Phi) is 3.10. The first kappa shape index (κ1) is 11.0. The number of hydrogen-bond donors (Lipinski definition) is 0. The van der Waals surface area contributed by atoms with E-state index in [2.05, 4.69) is 85.0 Å². The molecule has 0 heteroatoms. The fourth-order valence-electron chi connectivity index (χ4n) is 2.35. The largest absolute Gasteiger partial charge is 0.0738 e. The Morgan fingerprint density at radius 2 is 1.00 bits per heavy atom. The molecule has 0 aliphatic heterocycles. The minimum Gasteiger partial charge on any atom is -0.0738 e. The Morgan fingerprint density at radius 1 is 0.611 bits per heavy atom. The first-order valence-electron chi connectivity index (χ1n) is 6.40. The van der Waals surface area contributed by atoms with Gasteiger partial charge in [-0.15, -0.1) is 0 Å². The second-order valence-corrected chi connectivity index (χ2v) is 4.66. The van der Waals surface area contributed by atoms with Gasteiger partial charge in [-0.05, 0) is 10.4 Å². The van der Waals surface area contributed by atoms with Gasteiger partial charge in [0.2, 0.25) is 0 Å². The van der Waals surface area contributed by atoms with E-state index in [-0.39, 0.29) is 0 Å². The normalized spacial score (nSPS) is 20.7. The maximum absolute atomic E-state index is 2.31.